The number of halogens is 4. The maximum Gasteiger partial charge on any atom is 0.150 e. The van der Waals surface area contributed by atoms with Gasteiger partial charge in [0.25, 0.3) is 0 Å². The molecule has 0 atom stereocenters. The van der Waals surface area contributed by atoms with Crippen molar-refractivity contribution in [2.24, 2.45) is 0 Å². The fraction of sp³-hybridized carbons (Fsp3) is 0. The third kappa shape index (κ3) is 3.13. The summed E-state index contributed by atoms with van der Waals surface area (Å²) in [6, 6.07) is 4.17. The van der Waals surface area contributed by atoms with Crippen LogP contribution in [0.4, 0.5) is 28.9 Å². The zero-order valence-corrected chi connectivity index (χ0v) is 11.4. The second-order valence-electron chi connectivity index (χ2n) is 3.77. The summed E-state index contributed by atoms with van der Waals surface area (Å²) in [6.07, 6.45) is 0. The lowest BCUT2D eigenvalue weighted by Gasteiger charge is -2.06. The van der Waals surface area contributed by atoms with E-state index >= 15 is 0 Å². The molecule has 0 bridgehead atoms. The Kier molecular flexibility index (Phi) is 4.34. The molecule has 0 saturated heterocycles. The Labute approximate surface area is 119 Å². The average molecular weight is 320 g/mol. The molecule has 106 valence electrons. The monoisotopic (exact) mass is 320 g/mol. The predicted molar refractivity (Wildman–Crippen MR) is 73.3 cm³/mol. The molecule has 2 aromatic rings. The normalized spacial score (nSPS) is 10.8. The van der Waals surface area contributed by atoms with Gasteiger partial charge >= 0.3 is 0 Å². The summed E-state index contributed by atoms with van der Waals surface area (Å²) in [4.78, 5) is 0.466. The van der Waals surface area contributed by atoms with Crippen molar-refractivity contribution in [3.05, 3.63) is 47.5 Å². The first-order valence-electron chi connectivity index (χ1n) is 5.22. The van der Waals surface area contributed by atoms with Gasteiger partial charge in [-0.05, 0) is 24.3 Å². The lowest BCUT2D eigenvalue weighted by atomic mass is 10.3. The second kappa shape index (κ2) is 5.84. The number of benzene rings is 2. The minimum absolute atomic E-state index is 0.233. The van der Waals surface area contributed by atoms with E-state index in [0.29, 0.717) is 0 Å². The van der Waals surface area contributed by atoms with Gasteiger partial charge in [0, 0.05) is 9.79 Å². The van der Waals surface area contributed by atoms with Crippen molar-refractivity contribution in [1.29, 1.82) is 0 Å². The number of anilines is 2. The minimum Gasteiger partial charge on any atom is -0.394 e. The van der Waals surface area contributed by atoms with E-state index in [1.165, 1.54) is 0 Å². The van der Waals surface area contributed by atoms with E-state index in [2.05, 4.69) is 0 Å². The van der Waals surface area contributed by atoms with Crippen LogP contribution in [-0.2, 0) is 0 Å². The van der Waals surface area contributed by atoms with Crippen LogP contribution < -0.4 is 11.5 Å². The maximum atomic E-state index is 13.2. The van der Waals surface area contributed by atoms with Crippen LogP contribution in [0.5, 0.6) is 0 Å². The van der Waals surface area contributed by atoms with Crippen molar-refractivity contribution >= 4 is 33.0 Å². The number of rotatable bonds is 3. The number of hydrogen-bond acceptors (Lipinski definition) is 4. The summed E-state index contributed by atoms with van der Waals surface area (Å²) >= 11 is 0. The molecule has 0 unspecified atom stereocenters. The number of nitrogens with two attached hydrogens (primary N) is 2. The Morgan fingerprint density at radius 3 is 1.10 bits per heavy atom. The van der Waals surface area contributed by atoms with Crippen LogP contribution in [0.1, 0.15) is 0 Å². The van der Waals surface area contributed by atoms with Gasteiger partial charge in [-0.25, -0.2) is 17.6 Å². The van der Waals surface area contributed by atoms with E-state index in [9.17, 15) is 17.6 Å². The largest absolute Gasteiger partial charge is 0.394 e. The summed E-state index contributed by atoms with van der Waals surface area (Å²) < 4.78 is 52.9. The van der Waals surface area contributed by atoms with Crippen LogP contribution in [-0.4, -0.2) is 0 Å². The first kappa shape index (κ1) is 14.9. The Morgan fingerprint density at radius 1 is 0.600 bits per heavy atom. The summed E-state index contributed by atoms with van der Waals surface area (Å²) in [7, 11) is 1.88. The molecule has 0 saturated carbocycles. The van der Waals surface area contributed by atoms with Crippen molar-refractivity contribution in [1.82, 2.24) is 0 Å². The van der Waals surface area contributed by atoms with Crippen LogP contribution in [0.15, 0.2) is 34.1 Å². The third-order valence-electron chi connectivity index (χ3n) is 2.34. The van der Waals surface area contributed by atoms with E-state index in [1.807, 2.05) is 0 Å². The van der Waals surface area contributed by atoms with Gasteiger partial charge in [0.05, 0.1) is 0 Å². The number of nitrogen functional groups attached to an aromatic ring is 2. The van der Waals surface area contributed by atoms with Crippen LogP contribution in [0.2, 0.25) is 0 Å². The van der Waals surface area contributed by atoms with Crippen LogP contribution in [0, 0.1) is 23.3 Å². The van der Waals surface area contributed by atoms with Crippen LogP contribution in [0.25, 0.3) is 0 Å². The molecule has 2 aromatic carbocycles. The van der Waals surface area contributed by atoms with Crippen molar-refractivity contribution < 1.29 is 17.6 Å². The summed E-state index contributed by atoms with van der Waals surface area (Å²) in [5, 5.41) is 0. The fourth-order valence-corrected chi connectivity index (χ4v) is 3.27. The highest BCUT2D eigenvalue weighted by Gasteiger charge is 2.11. The molecule has 8 heteroatoms. The highest BCUT2D eigenvalue weighted by Crippen LogP contribution is 2.39. The lowest BCUT2D eigenvalue weighted by molar-refractivity contribution is 0.585. The minimum atomic E-state index is -0.886. The molecule has 0 amide bonds. The average Bonchev–Trinajstić information content (AvgIpc) is 2.39. The molecular formula is C12H8F4N2S2. The molecule has 4 N–H and O–H groups in total. The van der Waals surface area contributed by atoms with Crippen molar-refractivity contribution in [3.8, 4) is 0 Å². The molecular weight excluding hydrogens is 312 g/mol. The predicted octanol–water partition coefficient (Wildman–Crippen LogP) is 4.21. The van der Waals surface area contributed by atoms with Gasteiger partial charge in [-0.15, -0.1) is 0 Å². The zero-order valence-electron chi connectivity index (χ0n) is 9.79. The molecule has 0 spiro atoms. The highest BCUT2D eigenvalue weighted by atomic mass is 33.1. The Morgan fingerprint density at radius 2 is 0.850 bits per heavy atom. The quantitative estimate of drug-likeness (QED) is 0.505. The van der Waals surface area contributed by atoms with Gasteiger partial charge in [0.1, 0.15) is 34.6 Å². The molecule has 2 rings (SSSR count). The molecule has 0 aliphatic rings. The summed E-state index contributed by atoms with van der Waals surface area (Å²) in [5.41, 5.74) is 9.14. The first-order valence-corrected chi connectivity index (χ1v) is 7.37. The molecule has 0 aromatic heterocycles. The molecule has 0 heterocycles. The standard InChI is InChI=1S/C12H8F4N2S2/c13-7-1-5(2-8(14)11(7)17)19-20-6-3-9(15)12(18)10(16)4-6/h1-4H,17-18H2. The highest BCUT2D eigenvalue weighted by molar-refractivity contribution is 8.76. The zero-order chi connectivity index (χ0) is 14.9. The number of hydrogen-bond donors (Lipinski definition) is 2. The Hall–Kier alpha value is -1.54. The Bertz CT molecular complexity index is 560. The van der Waals surface area contributed by atoms with Gasteiger partial charge in [-0.3, -0.25) is 0 Å². The van der Waals surface area contributed by atoms with E-state index in [1.54, 1.807) is 0 Å². The van der Waals surface area contributed by atoms with E-state index in [0.717, 1.165) is 45.9 Å². The van der Waals surface area contributed by atoms with Crippen molar-refractivity contribution in [2.75, 3.05) is 11.5 Å². The van der Waals surface area contributed by atoms with E-state index in [4.69, 9.17) is 11.5 Å². The molecule has 0 fully saturated rings. The topological polar surface area (TPSA) is 52.0 Å². The summed E-state index contributed by atoms with van der Waals surface area (Å²) in [5.74, 6) is -3.55. The van der Waals surface area contributed by atoms with Crippen molar-refractivity contribution in [2.45, 2.75) is 9.79 Å². The molecule has 0 aliphatic heterocycles. The van der Waals surface area contributed by atoms with Crippen LogP contribution >= 0.6 is 21.6 Å². The van der Waals surface area contributed by atoms with E-state index in [-0.39, 0.29) is 9.79 Å². The molecule has 2 nitrogen and oxygen atoms in total. The van der Waals surface area contributed by atoms with Crippen molar-refractivity contribution in [3.63, 3.8) is 0 Å². The van der Waals surface area contributed by atoms with Gasteiger partial charge in [-0.1, -0.05) is 21.6 Å². The lowest BCUT2D eigenvalue weighted by Crippen LogP contribution is -1.95. The second-order valence-corrected chi connectivity index (χ2v) is 6.04. The van der Waals surface area contributed by atoms with Gasteiger partial charge in [0.15, 0.2) is 0 Å². The Balaban J connectivity index is 2.17. The van der Waals surface area contributed by atoms with E-state index < -0.39 is 34.6 Å². The van der Waals surface area contributed by atoms with Gasteiger partial charge < -0.3 is 11.5 Å². The van der Waals surface area contributed by atoms with Gasteiger partial charge in [-0.2, -0.15) is 0 Å². The first-order chi connectivity index (χ1) is 9.38. The fourth-order valence-electron chi connectivity index (χ4n) is 1.31. The molecule has 0 aliphatic carbocycles. The molecule has 0 radical (unpaired) electrons. The third-order valence-corrected chi connectivity index (χ3v) is 4.68. The van der Waals surface area contributed by atoms with Crippen LogP contribution in [0.3, 0.4) is 0 Å². The maximum absolute atomic E-state index is 13.2. The molecule has 20 heavy (non-hydrogen) atoms. The SMILES string of the molecule is Nc1c(F)cc(SSc2cc(F)c(N)c(F)c2)cc1F. The summed E-state index contributed by atoms with van der Waals surface area (Å²) in [6.45, 7) is 0. The van der Waals surface area contributed by atoms with Gasteiger partial charge in [0.2, 0.25) is 0 Å². The smallest absolute Gasteiger partial charge is 0.150 e.